The molecule has 1 unspecified atom stereocenters. The molecule has 0 aliphatic carbocycles. The van der Waals surface area contributed by atoms with Crippen molar-refractivity contribution in [2.24, 2.45) is 11.8 Å². The van der Waals surface area contributed by atoms with Gasteiger partial charge in [0.2, 0.25) is 5.91 Å². The molecule has 1 saturated heterocycles. The number of anilines is 1. The van der Waals surface area contributed by atoms with Crippen LogP contribution in [0.15, 0.2) is 45.5 Å². The summed E-state index contributed by atoms with van der Waals surface area (Å²) in [7, 11) is -3.50. The molecule has 0 radical (unpaired) electrons. The number of nitrogens with zero attached hydrogens (tertiary/aromatic N) is 1. The van der Waals surface area contributed by atoms with Crippen molar-refractivity contribution in [1.82, 2.24) is 4.31 Å². The summed E-state index contributed by atoms with van der Waals surface area (Å²) in [4.78, 5) is 13.7. The third-order valence-corrected chi connectivity index (χ3v) is 9.42. The lowest BCUT2D eigenvalue weighted by Crippen LogP contribution is -2.41. The van der Waals surface area contributed by atoms with Crippen LogP contribution in [0, 0.1) is 11.8 Å². The Labute approximate surface area is 179 Å². The molecule has 28 heavy (non-hydrogen) atoms. The van der Waals surface area contributed by atoms with E-state index in [1.54, 1.807) is 23.9 Å². The van der Waals surface area contributed by atoms with Crippen molar-refractivity contribution in [2.75, 3.05) is 24.7 Å². The Morgan fingerprint density at radius 3 is 2.61 bits per heavy atom. The predicted octanol–water partition coefficient (Wildman–Crippen LogP) is 4.80. The molecule has 9 heteroatoms. The Hall–Kier alpha value is -1.06. The molecule has 0 spiro atoms. The largest absolute Gasteiger partial charge is 0.326 e. The van der Waals surface area contributed by atoms with Crippen molar-refractivity contribution in [3.63, 3.8) is 0 Å². The van der Waals surface area contributed by atoms with E-state index in [9.17, 15) is 13.2 Å². The van der Waals surface area contributed by atoms with E-state index in [0.29, 0.717) is 30.3 Å². The normalized spacial score (nSPS) is 17.4. The summed E-state index contributed by atoms with van der Waals surface area (Å²) >= 11 is 8.58. The molecule has 2 aromatic rings. The lowest BCUT2D eigenvalue weighted by molar-refractivity contribution is -0.121. The molecule has 1 aromatic heterocycles. The van der Waals surface area contributed by atoms with E-state index in [-0.39, 0.29) is 22.0 Å². The molecule has 1 aromatic carbocycles. The van der Waals surface area contributed by atoms with Crippen LogP contribution in [0.3, 0.4) is 0 Å². The van der Waals surface area contributed by atoms with E-state index in [0.717, 1.165) is 21.9 Å². The molecule has 5 nitrogen and oxygen atoms in total. The number of amides is 1. The van der Waals surface area contributed by atoms with Gasteiger partial charge in [-0.15, -0.1) is 23.1 Å². The number of rotatable bonds is 6. The molecule has 1 aliphatic rings. The monoisotopic (exact) mass is 458 g/mol. The summed E-state index contributed by atoms with van der Waals surface area (Å²) in [6, 6.07) is 10.9. The van der Waals surface area contributed by atoms with Crippen molar-refractivity contribution in [2.45, 2.75) is 28.9 Å². The number of benzene rings is 1. The number of piperidine rings is 1. The van der Waals surface area contributed by atoms with Crippen LogP contribution >= 0.6 is 34.7 Å². The van der Waals surface area contributed by atoms with E-state index < -0.39 is 10.0 Å². The first-order valence-corrected chi connectivity index (χ1v) is 12.9. The minimum Gasteiger partial charge on any atom is -0.326 e. The Bertz CT molecular complexity index is 937. The first-order valence-electron chi connectivity index (χ1n) is 9.01. The number of sulfonamides is 1. The lowest BCUT2D eigenvalue weighted by atomic mass is 9.85. The molecule has 1 N–H and O–H groups in total. The predicted molar refractivity (Wildman–Crippen MR) is 117 cm³/mol. The standard InChI is InChI=1S/C19H23ClN2O3S3/c1-13(19(23)21-15-4-3-5-16(12-15)26-2)14-8-10-22(11-9-14)28(24,25)18-7-6-17(20)27-18/h3-7,12-14H,8-11H2,1-2H3,(H,21,23). The van der Waals surface area contributed by atoms with E-state index in [1.165, 1.54) is 4.31 Å². The Balaban J connectivity index is 1.58. The fraction of sp³-hybridized carbons (Fsp3) is 0.421. The number of carbonyl (C=O) groups excluding carboxylic acids is 1. The van der Waals surface area contributed by atoms with E-state index >= 15 is 0 Å². The van der Waals surface area contributed by atoms with Gasteiger partial charge in [0, 0.05) is 29.6 Å². The minimum absolute atomic E-state index is 0.0235. The lowest BCUT2D eigenvalue weighted by Gasteiger charge is -2.33. The van der Waals surface area contributed by atoms with Crippen LogP contribution in [0.2, 0.25) is 4.34 Å². The van der Waals surface area contributed by atoms with Crippen molar-refractivity contribution in [3.8, 4) is 0 Å². The topological polar surface area (TPSA) is 66.5 Å². The maximum atomic E-state index is 12.7. The average molecular weight is 459 g/mol. The van der Waals surface area contributed by atoms with Gasteiger partial charge in [-0.25, -0.2) is 8.42 Å². The van der Waals surface area contributed by atoms with Gasteiger partial charge in [-0.1, -0.05) is 24.6 Å². The number of carbonyl (C=O) groups is 1. The van der Waals surface area contributed by atoms with Crippen LogP contribution in [0.4, 0.5) is 5.69 Å². The van der Waals surface area contributed by atoms with Gasteiger partial charge in [-0.05, 0) is 55.3 Å². The zero-order valence-electron chi connectivity index (χ0n) is 15.7. The fourth-order valence-electron chi connectivity index (χ4n) is 3.35. The Morgan fingerprint density at radius 1 is 1.29 bits per heavy atom. The van der Waals surface area contributed by atoms with Crippen LogP contribution in [0.5, 0.6) is 0 Å². The highest BCUT2D eigenvalue weighted by atomic mass is 35.5. The summed E-state index contributed by atoms with van der Waals surface area (Å²) in [5, 5.41) is 2.99. The van der Waals surface area contributed by atoms with Gasteiger partial charge in [-0.2, -0.15) is 4.31 Å². The molecule has 0 bridgehead atoms. The molecule has 2 heterocycles. The van der Waals surface area contributed by atoms with Gasteiger partial charge < -0.3 is 5.32 Å². The SMILES string of the molecule is CSc1cccc(NC(=O)C(C)C2CCN(S(=O)(=O)c3ccc(Cl)s3)CC2)c1. The number of nitrogens with one attached hydrogen (secondary N) is 1. The highest BCUT2D eigenvalue weighted by molar-refractivity contribution is 7.98. The molecule has 152 valence electrons. The smallest absolute Gasteiger partial charge is 0.252 e. The summed E-state index contributed by atoms with van der Waals surface area (Å²) in [6.07, 6.45) is 3.32. The average Bonchev–Trinajstić information content (AvgIpc) is 3.15. The number of thioether (sulfide) groups is 1. The zero-order valence-corrected chi connectivity index (χ0v) is 18.9. The molecule has 1 atom stereocenters. The molecule has 1 fully saturated rings. The fourth-order valence-corrected chi connectivity index (χ4v) is 6.92. The Kier molecular flexibility index (Phi) is 7.09. The summed E-state index contributed by atoms with van der Waals surface area (Å²) < 4.78 is 27.7. The summed E-state index contributed by atoms with van der Waals surface area (Å²) in [5.41, 5.74) is 0.790. The highest BCUT2D eigenvalue weighted by Crippen LogP contribution is 2.32. The van der Waals surface area contributed by atoms with Crippen molar-refractivity contribution >= 4 is 56.3 Å². The molecular formula is C19H23ClN2O3S3. The molecular weight excluding hydrogens is 436 g/mol. The maximum Gasteiger partial charge on any atom is 0.252 e. The number of thiophene rings is 1. The minimum atomic E-state index is -3.50. The van der Waals surface area contributed by atoms with Gasteiger partial charge >= 0.3 is 0 Å². The Morgan fingerprint density at radius 2 is 2.00 bits per heavy atom. The van der Waals surface area contributed by atoms with Gasteiger partial charge in [0.15, 0.2) is 0 Å². The molecule has 3 rings (SSSR count). The van der Waals surface area contributed by atoms with Crippen LogP contribution in [0.25, 0.3) is 0 Å². The molecule has 0 saturated carbocycles. The summed E-state index contributed by atoms with van der Waals surface area (Å²) in [5.74, 6) is -0.0503. The second-order valence-electron chi connectivity index (χ2n) is 6.81. The second kappa shape index (κ2) is 9.17. The molecule has 1 aliphatic heterocycles. The van der Waals surface area contributed by atoms with E-state index in [4.69, 9.17) is 11.6 Å². The second-order valence-corrected chi connectivity index (χ2v) is 11.6. The van der Waals surface area contributed by atoms with Gasteiger partial charge in [0.05, 0.1) is 4.34 Å². The van der Waals surface area contributed by atoms with Gasteiger partial charge in [-0.3, -0.25) is 4.79 Å². The van der Waals surface area contributed by atoms with Gasteiger partial charge in [0.1, 0.15) is 4.21 Å². The van der Waals surface area contributed by atoms with E-state index in [2.05, 4.69) is 5.32 Å². The highest BCUT2D eigenvalue weighted by Gasteiger charge is 2.34. The zero-order chi connectivity index (χ0) is 20.3. The third-order valence-electron chi connectivity index (χ3n) is 5.10. The molecule has 1 amide bonds. The first-order chi connectivity index (χ1) is 13.3. The van der Waals surface area contributed by atoms with Crippen LogP contribution in [0.1, 0.15) is 19.8 Å². The number of hydrogen-bond donors (Lipinski definition) is 1. The quantitative estimate of drug-likeness (QED) is 0.631. The van der Waals surface area contributed by atoms with Crippen molar-refractivity contribution < 1.29 is 13.2 Å². The first kappa shape index (κ1) is 21.6. The number of halogens is 1. The van der Waals surface area contributed by atoms with Crippen molar-refractivity contribution in [1.29, 1.82) is 0 Å². The summed E-state index contributed by atoms with van der Waals surface area (Å²) in [6.45, 7) is 2.76. The van der Waals surface area contributed by atoms with Crippen molar-refractivity contribution in [3.05, 3.63) is 40.7 Å². The van der Waals surface area contributed by atoms with Gasteiger partial charge in [0.25, 0.3) is 10.0 Å². The van der Waals surface area contributed by atoms with Crippen LogP contribution in [-0.4, -0.2) is 38.0 Å². The van der Waals surface area contributed by atoms with E-state index in [1.807, 2.05) is 37.4 Å². The van der Waals surface area contributed by atoms with Crippen LogP contribution < -0.4 is 5.32 Å². The third kappa shape index (κ3) is 4.91. The van der Waals surface area contributed by atoms with Crippen LogP contribution in [-0.2, 0) is 14.8 Å². The maximum absolute atomic E-state index is 12.7. The number of hydrogen-bond acceptors (Lipinski definition) is 5.